The van der Waals surface area contributed by atoms with E-state index in [-0.39, 0.29) is 5.78 Å². The number of rotatable bonds is 0. The molecule has 0 saturated heterocycles. The van der Waals surface area contributed by atoms with Gasteiger partial charge in [-0.05, 0) is 36.8 Å². The molecule has 1 unspecified atom stereocenters. The molecule has 66 valence electrons. The molecule has 1 nitrogen and oxygen atoms in total. The van der Waals surface area contributed by atoms with Crippen molar-refractivity contribution >= 4 is 5.78 Å². The van der Waals surface area contributed by atoms with E-state index in [0.717, 1.165) is 18.4 Å². The Balaban J connectivity index is 2.64. The average Bonchev–Trinajstić information content (AvgIpc) is 2.11. The van der Waals surface area contributed by atoms with Crippen LogP contribution in [0.15, 0.2) is 24.3 Å². The van der Waals surface area contributed by atoms with Gasteiger partial charge < -0.3 is 0 Å². The maximum absolute atomic E-state index is 11.3. The molecule has 0 aromatic heterocycles. The first-order valence-electron chi connectivity index (χ1n) is 4.60. The largest absolute Gasteiger partial charge is 0.290 e. The molecule has 12 heavy (non-hydrogen) atoms. The molecule has 1 heteroatoms. The van der Waals surface area contributed by atoms with Crippen LogP contribution in [-0.2, 0) is 4.79 Å². The van der Waals surface area contributed by atoms with Crippen molar-refractivity contribution in [1.82, 2.24) is 0 Å². The molecule has 0 aromatic carbocycles. The lowest BCUT2D eigenvalue weighted by Gasteiger charge is -2.02. The number of ketones is 1. The lowest BCUT2D eigenvalue weighted by atomic mass is 10.0. The summed E-state index contributed by atoms with van der Waals surface area (Å²) in [6.45, 7) is 5.91. The van der Waals surface area contributed by atoms with Gasteiger partial charge in [0.2, 0.25) is 0 Å². The van der Waals surface area contributed by atoms with Crippen molar-refractivity contribution in [3.63, 3.8) is 0 Å². The second-order valence-electron chi connectivity index (χ2n) is 3.55. The Kier molecular flexibility index (Phi) is 3.27. The van der Waals surface area contributed by atoms with E-state index in [1.165, 1.54) is 12.8 Å². The van der Waals surface area contributed by atoms with Crippen LogP contribution in [0.25, 0.3) is 0 Å². The maximum atomic E-state index is 11.3. The van der Waals surface area contributed by atoms with Gasteiger partial charge in [0.15, 0.2) is 5.78 Å². The summed E-state index contributed by atoms with van der Waals surface area (Å²) >= 11 is 0. The molecule has 0 aliphatic heterocycles. The van der Waals surface area contributed by atoms with Crippen LogP contribution in [0.1, 0.15) is 32.6 Å². The van der Waals surface area contributed by atoms with Gasteiger partial charge in [-0.15, -0.1) is 0 Å². The van der Waals surface area contributed by atoms with Crippen LogP contribution in [0.5, 0.6) is 0 Å². The molecule has 1 aliphatic carbocycles. The molecule has 0 spiro atoms. The average molecular weight is 164 g/mol. The Labute approximate surface area is 74.2 Å². The molecule has 0 fully saturated rings. The Hall–Kier alpha value is -0.850. The number of carbonyl (C=O) groups excluding carboxylic acids is 1. The van der Waals surface area contributed by atoms with Gasteiger partial charge >= 0.3 is 0 Å². The Morgan fingerprint density at radius 1 is 1.50 bits per heavy atom. The maximum Gasteiger partial charge on any atom is 0.180 e. The highest BCUT2D eigenvalue weighted by molar-refractivity contribution is 6.03. The van der Waals surface area contributed by atoms with Crippen LogP contribution < -0.4 is 0 Å². The van der Waals surface area contributed by atoms with Gasteiger partial charge in [-0.25, -0.2) is 0 Å². The van der Waals surface area contributed by atoms with E-state index in [9.17, 15) is 4.79 Å². The number of carbonyl (C=O) groups is 1. The van der Waals surface area contributed by atoms with Gasteiger partial charge in [-0.2, -0.15) is 0 Å². The summed E-state index contributed by atoms with van der Waals surface area (Å²) in [5, 5.41) is 0. The first-order valence-corrected chi connectivity index (χ1v) is 4.60. The van der Waals surface area contributed by atoms with Crippen molar-refractivity contribution in [3.8, 4) is 0 Å². The minimum atomic E-state index is 0.115. The highest BCUT2D eigenvalue weighted by Gasteiger charge is 2.07. The van der Waals surface area contributed by atoms with Crippen LogP contribution in [0, 0.1) is 5.92 Å². The smallest absolute Gasteiger partial charge is 0.180 e. The van der Waals surface area contributed by atoms with Crippen molar-refractivity contribution in [1.29, 1.82) is 0 Å². The van der Waals surface area contributed by atoms with Crippen molar-refractivity contribution < 1.29 is 4.79 Å². The van der Waals surface area contributed by atoms with Gasteiger partial charge in [-0.1, -0.05) is 26.0 Å². The Morgan fingerprint density at radius 3 is 3.00 bits per heavy atom. The van der Waals surface area contributed by atoms with E-state index in [4.69, 9.17) is 0 Å². The fraction of sp³-hybridized carbons (Fsp3) is 0.545. The van der Waals surface area contributed by atoms with Gasteiger partial charge in [0.25, 0.3) is 0 Å². The summed E-state index contributed by atoms with van der Waals surface area (Å²) in [5.74, 6) is 0.656. The molecule has 0 bridgehead atoms. The van der Waals surface area contributed by atoms with Gasteiger partial charge in [0.05, 0.1) is 0 Å². The van der Waals surface area contributed by atoms with Crippen molar-refractivity contribution in [2.75, 3.05) is 0 Å². The van der Waals surface area contributed by atoms with E-state index in [1.807, 2.05) is 6.08 Å². The molecular weight excluding hydrogens is 148 g/mol. The fourth-order valence-corrected chi connectivity index (χ4v) is 1.39. The zero-order valence-corrected chi connectivity index (χ0v) is 7.68. The third-order valence-corrected chi connectivity index (χ3v) is 2.31. The third kappa shape index (κ3) is 2.65. The molecule has 0 radical (unpaired) electrons. The van der Waals surface area contributed by atoms with E-state index in [2.05, 4.69) is 13.5 Å². The highest BCUT2D eigenvalue weighted by atomic mass is 16.1. The van der Waals surface area contributed by atoms with Gasteiger partial charge in [-0.3, -0.25) is 4.79 Å². The summed E-state index contributed by atoms with van der Waals surface area (Å²) in [6.07, 6.45) is 8.05. The van der Waals surface area contributed by atoms with Crippen LogP contribution in [0.4, 0.5) is 0 Å². The molecule has 1 aliphatic rings. The predicted octanol–water partition coefficient (Wildman–Crippen LogP) is 2.88. The highest BCUT2D eigenvalue weighted by Crippen LogP contribution is 2.16. The number of hydrogen-bond donors (Lipinski definition) is 0. The second-order valence-corrected chi connectivity index (χ2v) is 3.55. The van der Waals surface area contributed by atoms with E-state index >= 15 is 0 Å². The zero-order valence-electron chi connectivity index (χ0n) is 7.68. The lowest BCUT2D eigenvalue weighted by molar-refractivity contribution is -0.111. The molecule has 0 saturated carbocycles. The Morgan fingerprint density at radius 2 is 2.25 bits per heavy atom. The van der Waals surface area contributed by atoms with Gasteiger partial charge in [0.1, 0.15) is 0 Å². The summed E-state index contributed by atoms with van der Waals surface area (Å²) < 4.78 is 0. The summed E-state index contributed by atoms with van der Waals surface area (Å²) in [7, 11) is 0. The van der Waals surface area contributed by atoms with Crippen molar-refractivity contribution in [2.24, 2.45) is 5.92 Å². The SMILES string of the molecule is C=C1CCCCC(C)C=CC1=O. The normalized spacial score (nSPS) is 26.2. The van der Waals surface area contributed by atoms with Crippen LogP contribution in [0.2, 0.25) is 0 Å². The van der Waals surface area contributed by atoms with Crippen LogP contribution in [-0.4, -0.2) is 5.78 Å². The molecule has 0 heterocycles. The lowest BCUT2D eigenvalue weighted by Crippen LogP contribution is -1.96. The first kappa shape index (κ1) is 9.24. The number of allylic oxidation sites excluding steroid dienone is 3. The molecule has 1 atom stereocenters. The second kappa shape index (κ2) is 4.24. The van der Waals surface area contributed by atoms with Crippen LogP contribution in [0.3, 0.4) is 0 Å². The molecule has 0 aromatic rings. The standard InChI is InChI=1S/C11H16O/c1-9-5-3-4-6-10(2)11(12)8-7-9/h7-9H,2-6H2,1H3. The summed E-state index contributed by atoms with van der Waals surface area (Å²) in [4.78, 5) is 11.3. The molecule has 1 rings (SSSR count). The molecule has 0 amide bonds. The predicted molar refractivity (Wildman–Crippen MR) is 50.9 cm³/mol. The van der Waals surface area contributed by atoms with Gasteiger partial charge in [0, 0.05) is 0 Å². The Bertz CT molecular complexity index is 213. The minimum absolute atomic E-state index is 0.115. The summed E-state index contributed by atoms with van der Waals surface area (Å²) in [5.41, 5.74) is 0.764. The van der Waals surface area contributed by atoms with Crippen molar-refractivity contribution in [2.45, 2.75) is 32.6 Å². The van der Waals surface area contributed by atoms with Crippen molar-refractivity contribution in [3.05, 3.63) is 24.3 Å². The monoisotopic (exact) mass is 164 g/mol. The fourth-order valence-electron chi connectivity index (χ4n) is 1.39. The molecular formula is C11H16O. The molecule has 0 N–H and O–H groups in total. The third-order valence-electron chi connectivity index (χ3n) is 2.31. The topological polar surface area (TPSA) is 17.1 Å². The first-order chi connectivity index (χ1) is 5.70. The van der Waals surface area contributed by atoms with E-state index in [0.29, 0.717) is 5.92 Å². The minimum Gasteiger partial charge on any atom is -0.290 e. The quantitative estimate of drug-likeness (QED) is 0.503. The van der Waals surface area contributed by atoms with E-state index < -0.39 is 0 Å². The van der Waals surface area contributed by atoms with Crippen LogP contribution >= 0.6 is 0 Å². The summed E-state index contributed by atoms with van der Waals surface area (Å²) in [6, 6.07) is 0. The van der Waals surface area contributed by atoms with E-state index in [1.54, 1.807) is 6.08 Å². The zero-order chi connectivity index (χ0) is 8.97. The number of hydrogen-bond acceptors (Lipinski definition) is 1.